The summed E-state index contributed by atoms with van der Waals surface area (Å²) in [5.74, 6) is 4.85. The number of hydrogen-bond acceptors (Lipinski definition) is 2. The Morgan fingerprint density at radius 3 is 2.75 bits per heavy atom. The molecule has 106 valence electrons. The van der Waals surface area contributed by atoms with Crippen LogP contribution in [0.2, 0.25) is 0 Å². The predicted molar refractivity (Wildman–Crippen MR) is 82.4 cm³/mol. The van der Waals surface area contributed by atoms with E-state index >= 15 is 0 Å². The molecular formula is C17H22N2O. The van der Waals surface area contributed by atoms with Crippen molar-refractivity contribution in [3.63, 3.8) is 0 Å². The first-order valence-corrected chi connectivity index (χ1v) is 7.27. The van der Waals surface area contributed by atoms with Gasteiger partial charge in [-0.25, -0.2) is 0 Å². The minimum atomic E-state index is -0.221. The van der Waals surface area contributed by atoms with Crippen molar-refractivity contribution in [1.82, 2.24) is 5.32 Å². The van der Waals surface area contributed by atoms with Crippen LogP contribution in [0.4, 0.5) is 5.69 Å². The van der Waals surface area contributed by atoms with Crippen LogP contribution in [0.15, 0.2) is 24.3 Å². The molecule has 1 amide bonds. The third-order valence-corrected chi connectivity index (χ3v) is 3.76. The van der Waals surface area contributed by atoms with Crippen LogP contribution in [-0.2, 0) is 11.3 Å². The summed E-state index contributed by atoms with van der Waals surface area (Å²) in [6.07, 6.45) is 3.88. The van der Waals surface area contributed by atoms with Gasteiger partial charge < -0.3 is 10.2 Å². The molecule has 1 unspecified atom stereocenters. The summed E-state index contributed by atoms with van der Waals surface area (Å²) in [7, 11) is 0. The van der Waals surface area contributed by atoms with E-state index in [-0.39, 0.29) is 5.91 Å². The molecule has 1 N–H and O–H groups in total. The maximum atomic E-state index is 11.3. The molecule has 1 atom stereocenters. The summed E-state index contributed by atoms with van der Waals surface area (Å²) >= 11 is 0. The third-order valence-electron chi connectivity index (χ3n) is 3.76. The number of piperidine rings is 1. The molecule has 1 aromatic carbocycles. The molecule has 20 heavy (non-hydrogen) atoms. The van der Waals surface area contributed by atoms with Crippen LogP contribution >= 0.6 is 0 Å². The topological polar surface area (TPSA) is 32.3 Å². The van der Waals surface area contributed by atoms with Gasteiger partial charge in [-0.3, -0.25) is 4.79 Å². The van der Waals surface area contributed by atoms with Gasteiger partial charge in [-0.15, -0.1) is 0 Å². The van der Waals surface area contributed by atoms with Gasteiger partial charge in [0.2, 0.25) is 0 Å². The zero-order valence-electron chi connectivity index (χ0n) is 12.3. The first kappa shape index (κ1) is 14.5. The second kappa shape index (κ2) is 7.00. The summed E-state index contributed by atoms with van der Waals surface area (Å²) in [6, 6.07) is 9.07. The van der Waals surface area contributed by atoms with Crippen molar-refractivity contribution in [2.75, 3.05) is 11.4 Å². The molecule has 0 aliphatic carbocycles. The van der Waals surface area contributed by atoms with Crippen LogP contribution < -0.4 is 10.2 Å². The number of benzene rings is 1. The molecule has 3 heteroatoms. The highest BCUT2D eigenvalue weighted by atomic mass is 16.1. The Bertz CT molecular complexity index is 510. The zero-order valence-corrected chi connectivity index (χ0v) is 12.3. The quantitative estimate of drug-likeness (QED) is 0.857. The van der Waals surface area contributed by atoms with E-state index in [0.29, 0.717) is 12.6 Å². The summed E-state index contributed by atoms with van der Waals surface area (Å²) in [5.41, 5.74) is 2.38. The lowest BCUT2D eigenvalue weighted by Gasteiger charge is -2.35. The highest BCUT2D eigenvalue weighted by Crippen LogP contribution is 2.24. The first-order chi connectivity index (χ1) is 9.70. The molecule has 1 saturated heterocycles. The highest BCUT2D eigenvalue weighted by Gasteiger charge is 2.18. The van der Waals surface area contributed by atoms with Crippen molar-refractivity contribution < 1.29 is 4.79 Å². The maximum absolute atomic E-state index is 11.3. The van der Waals surface area contributed by atoms with Crippen molar-refractivity contribution in [1.29, 1.82) is 0 Å². The van der Waals surface area contributed by atoms with E-state index in [4.69, 9.17) is 0 Å². The molecule has 1 aliphatic rings. The van der Waals surface area contributed by atoms with Crippen LogP contribution in [-0.4, -0.2) is 18.5 Å². The van der Waals surface area contributed by atoms with Gasteiger partial charge in [-0.2, -0.15) is 0 Å². The van der Waals surface area contributed by atoms with Gasteiger partial charge in [0.1, 0.15) is 0 Å². The van der Waals surface area contributed by atoms with E-state index in [0.717, 1.165) is 12.1 Å². The number of carbonyl (C=O) groups is 1. The van der Waals surface area contributed by atoms with Crippen molar-refractivity contribution >= 4 is 11.6 Å². The normalized spacial score (nSPS) is 18.1. The Morgan fingerprint density at radius 2 is 2.10 bits per heavy atom. The number of nitrogens with zero attached hydrogens (tertiary/aromatic N) is 1. The molecule has 2 rings (SSSR count). The van der Waals surface area contributed by atoms with Gasteiger partial charge in [-0.05, 0) is 56.7 Å². The molecule has 1 fully saturated rings. The molecule has 0 spiro atoms. The number of rotatable bonds is 3. The van der Waals surface area contributed by atoms with Crippen molar-refractivity contribution in [2.45, 2.75) is 45.7 Å². The largest absolute Gasteiger partial charge is 0.369 e. The molecule has 0 aromatic heterocycles. The lowest BCUT2D eigenvalue weighted by atomic mass is 10.0. The predicted octanol–water partition coefficient (Wildman–Crippen LogP) is 2.70. The van der Waals surface area contributed by atoms with Crippen molar-refractivity contribution in [3.8, 4) is 11.8 Å². The summed E-state index contributed by atoms with van der Waals surface area (Å²) in [6.45, 7) is 5.62. The maximum Gasteiger partial charge on any atom is 0.296 e. The molecule has 0 radical (unpaired) electrons. The lowest BCUT2D eigenvalue weighted by Crippen LogP contribution is -2.37. The Balaban J connectivity index is 1.95. The monoisotopic (exact) mass is 270 g/mol. The van der Waals surface area contributed by atoms with Crippen LogP contribution in [0, 0.1) is 11.8 Å². The standard InChI is InChI=1S/C17H22N2O/c1-3-6-17(20)18-13-15-8-10-16(11-9-15)19-12-5-4-7-14(19)2/h8-11,14H,4-5,7,12-13H2,1-2H3,(H,18,20). The van der Waals surface area contributed by atoms with Gasteiger partial charge in [0.15, 0.2) is 0 Å². The van der Waals surface area contributed by atoms with Crippen LogP contribution in [0.1, 0.15) is 38.7 Å². The van der Waals surface area contributed by atoms with E-state index in [2.05, 4.69) is 53.2 Å². The van der Waals surface area contributed by atoms with Crippen molar-refractivity contribution in [3.05, 3.63) is 29.8 Å². The third kappa shape index (κ3) is 3.77. The van der Waals surface area contributed by atoms with E-state index in [9.17, 15) is 4.79 Å². The van der Waals surface area contributed by atoms with Crippen LogP contribution in [0.3, 0.4) is 0 Å². The molecule has 1 aromatic rings. The fraction of sp³-hybridized carbons (Fsp3) is 0.471. The Kier molecular flexibility index (Phi) is 5.06. The summed E-state index contributed by atoms with van der Waals surface area (Å²) in [5, 5.41) is 2.78. The molecule has 3 nitrogen and oxygen atoms in total. The Hall–Kier alpha value is -1.95. The SMILES string of the molecule is CC#CC(=O)NCc1ccc(N2CCCCC2C)cc1. The van der Waals surface area contributed by atoms with Crippen molar-refractivity contribution in [2.24, 2.45) is 0 Å². The van der Waals surface area contributed by atoms with E-state index in [1.165, 1.54) is 24.9 Å². The Labute approximate surface area is 121 Å². The number of nitrogens with one attached hydrogen (secondary N) is 1. The second-order valence-electron chi connectivity index (χ2n) is 5.26. The summed E-state index contributed by atoms with van der Waals surface area (Å²) < 4.78 is 0. The van der Waals surface area contributed by atoms with Crippen LogP contribution in [0.25, 0.3) is 0 Å². The fourth-order valence-electron chi connectivity index (χ4n) is 2.63. The molecule has 0 saturated carbocycles. The van der Waals surface area contributed by atoms with E-state index < -0.39 is 0 Å². The average Bonchev–Trinajstić information content (AvgIpc) is 2.47. The van der Waals surface area contributed by atoms with Gasteiger partial charge >= 0.3 is 0 Å². The number of hydrogen-bond donors (Lipinski definition) is 1. The molecular weight excluding hydrogens is 248 g/mol. The summed E-state index contributed by atoms with van der Waals surface area (Å²) in [4.78, 5) is 13.7. The Morgan fingerprint density at radius 1 is 1.35 bits per heavy atom. The molecule has 1 aliphatic heterocycles. The van der Waals surface area contributed by atoms with Crippen LogP contribution in [0.5, 0.6) is 0 Å². The average molecular weight is 270 g/mol. The fourth-order valence-corrected chi connectivity index (χ4v) is 2.63. The van der Waals surface area contributed by atoms with Gasteiger partial charge in [0, 0.05) is 24.8 Å². The van der Waals surface area contributed by atoms with Gasteiger partial charge in [0.25, 0.3) is 5.91 Å². The molecule has 0 bridgehead atoms. The number of carbonyl (C=O) groups excluding carboxylic acids is 1. The highest BCUT2D eigenvalue weighted by molar-refractivity contribution is 5.93. The second-order valence-corrected chi connectivity index (χ2v) is 5.26. The number of anilines is 1. The first-order valence-electron chi connectivity index (χ1n) is 7.27. The minimum absolute atomic E-state index is 0.221. The van der Waals surface area contributed by atoms with Gasteiger partial charge in [-0.1, -0.05) is 18.1 Å². The number of amides is 1. The smallest absolute Gasteiger partial charge is 0.296 e. The lowest BCUT2D eigenvalue weighted by molar-refractivity contribution is -0.115. The van der Waals surface area contributed by atoms with E-state index in [1.54, 1.807) is 6.92 Å². The zero-order chi connectivity index (χ0) is 14.4. The van der Waals surface area contributed by atoms with E-state index in [1.807, 2.05) is 0 Å². The molecule has 1 heterocycles. The van der Waals surface area contributed by atoms with Gasteiger partial charge in [0.05, 0.1) is 0 Å². The minimum Gasteiger partial charge on any atom is -0.369 e.